The molecule has 0 aliphatic carbocycles. The first-order valence-corrected chi connectivity index (χ1v) is 6.10. The number of hydrogen-bond acceptors (Lipinski definition) is 4. The van der Waals surface area contributed by atoms with E-state index in [2.05, 4.69) is 24.1 Å². The van der Waals surface area contributed by atoms with Gasteiger partial charge in [0.25, 0.3) is 5.56 Å². The van der Waals surface area contributed by atoms with Crippen molar-refractivity contribution in [1.29, 1.82) is 0 Å². The lowest BCUT2D eigenvalue weighted by molar-refractivity contribution is 0.509. The van der Waals surface area contributed by atoms with Crippen LogP contribution in [0.2, 0.25) is 0 Å². The van der Waals surface area contributed by atoms with Gasteiger partial charge in [-0.3, -0.25) is 4.79 Å². The first-order chi connectivity index (χ1) is 8.08. The normalized spacial score (nSPS) is 12.8. The molecule has 0 aliphatic heterocycles. The van der Waals surface area contributed by atoms with Gasteiger partial charge in [-0.2, -0.15) is 0 Å². The van der Waals surface area contributed by atoms with Crippen molar-refractivity contribution < 1.29 is 0 Å². The molecule has 0 amide bonds. The molecule has 5 nitrogen and oxygen atoms in total. The summed E-state index contributed by atoms with van der Waals surface area (Å²) in [7, 11) is 0. The number of rotatable bonds is 6. The van der Waals surface area contributed by atoms with Crippen LogP contribution in [0.1, 0.15) is 27.2 Å². The molecule has 1 aromatic rings. The Labute approximate surface area is 102 Å². The maximum atomic E-state index is 12.1. The Hall–Kier alpha value is -1.36. The van der Waals surface area contributed by atoms with E-state index in [-0.39, 0.29) is 11.6 Å². The first kappa shape index (κ1) is 13.7. The number of aromatic nitrogens is 2. The summed E-state index contributed by atoms with van der Waals surface area (Å²) in [6.07, 6.45) is 4.24. The fraction of sp³-hybridized carbons (Fsp3) is 0.667. The average molecular weight is 238 g/mol. The summed E-state index contributed by atoms with van der Waals surface area (Å²) in [4.78, 5) is 16.2. The van der Waals surface area contributed by atoms with Crippen LogP contribution in [-0.2, 0) is 6.54 Å². The number of nitrogens with one attached hydrogen (secondary N) is 1. The summed E-state index contributed by atoms with van der Waals surface area (Å²) < 4.78 is 1.68. The quantitative estimate of drug-likeness (QED) is 0.777. The monoisotopic (exact) mass is 238 g/mol. The molecule has 0 spiro atoms. The van der Waals surface area contributed by atoms with E-state index in [1.165, 1.54) is 0 Å². The maximum absolute atomic E-state index is 12.1. The third-order valence-corrected chi connectivity index (χ3v) is 2.59. The van der Waals surface area contributed by atoms with E-state index in [1.54, 1.807) is 17.0 Å². The van der Waals surface area contributed by atoms with Crippen molar-refractivity contribution in [2.24, 2.45) is 11.7 Å². The topological polar surface area (TPSA) is 72.9 Å². The molecule has 0 radical (unpaired) electrons. The standard InChI is InChI=1S/C12H22N4O/c1-4-10(7-13)15-11-12(17)16(6-5-14-11)8-9(2)3/h5-6,9-10H,4,7-8,13H2,1-3H3,(H,14,15). The lowest BCUT2D eigenvalue weighted by Crippen LogP contribution is -2.33. The first-order valence-electron chi connectivity index (χ1n) is 6.10. The van der Waals surface area contributed by atoms with Crippen molar-refractivity contribution in [2.75, 3.05) is 11.9 Å². The molecule has 0 aromatic carbocycles. The second-order valence-electron chi connectivity index (χ2n) is 4.61. The zero-order valence-electron chi connectivity index (χ0n) is 10.8. The van der Waals surface area contributed by atoms with Gasteiger partial charge in [0.05, 0.1) is 0 Å². The maximum Gasteiger partial charge on any atom is 0.293 e. The number of nitrogens with two attached hydrogens (primary N) is 1. The highest BCUT2D eigenvalue weighted by Crippen LogP contribution is 2.01. The van der Waals surface area contributed by atoms with E-state index in [0.29, 0.717) is 24.8 Å². The summed E-state index contributed by atoms with van der Waals surface area (Å²) in [5.41, 5.74) is 5.53. The predicted molar refractivity (Wildman–Crippen MR) is 70.1 cm³/mol. The largest absolute Gasteiger partial charge is 0.361 e. The molecule has 0 bridgehead atoms. The zero-order valence-corrected chi connectivity index (χ0v) is 10.8. The highest BCUT2D eigenvalue weighted by Gasteiger charge is 2.09. The van der Waals surface area contributed by atoms with E-state index in [9.17, 15) is 4.79 Å². The summed E-state index contributed by atoms with van der Waals surface area (Å²) in [5, 5.41) is 3.09. The second-order valence-corrected chi connectivity index (χ2v) is 4.61. The summed E-state index contributed by atoms with van der Waals surface area (Å²) in [5.74, 6) is 0.824. The Morgan fingerprint density at radius 2 is 2.24 bits per heavy atom. The molecule has 1 aromatic heterocycles. The molecule has 5 heteroatoms. The van der Waals surface area contributed by atoms with Gasteiger partial charge in [-0.1, -0.05) is 20.8 Å². The summed E-state index contributed by atoms with van der Waals surface area (Å²) in [6.45, 7) is 7.38. The van der Waals surface area contributed by atoms with Gasteiger partial charge in [0, 0.05) is 31.5 Å². The molecular weight excluding hydrogens is 216 g/mol. The molecule has 1 atom stereocenters. The van der Waals surface area contributed by atoms with E-state index < -0.39 is 0 Å². The van der Waals surface area contributed by atoms with Crippen LogP contribution in [0.15, 0.2) is 17.2 Å². The fourth-order valence-corrected chi connectivity index (χ4v) is 1.60. The Bertz CT molecular complexity index is 396. The molecule has 1 unspecified atom stereocenters. The van der Waals surface area contributed by atoms with Crippen LogP contribution in [0.25, 0.3) is 0 Å². The van der Waals surface area contributed by atoms with Gasteiger partial charge in [0.15, 0.2) is 5.82 Å². The number of anilines is 1. The Kier molecular flexibility index (Phi) is 5.15. The van der Waals surface area contributed by atoms with Crippen LogP contribution < -0.4 is 16.6 Å². The van der Waals surface area contributed by atoms with Crippen LogP contribution in [0.3, 0.4) is 0 Å². The third-order valence-electron chi connectivity index (χ3n) is 2.59. The Balaban J connectivity index is 2.90. The molecule has 3 N–H and O–H groups in total. The lowest BCUT2D eigenvalue weighted by Gasteiger charge is -2.16. The van der Waals surface area contributed by atoms with Crippen molar-refractivity contribution in [2.45, 2.75) is 39.8 Å². The summed E-state index contributed by atoms with van der Waals surface area (Å²) >= 11 is 0. The molecule has 1 rings (SSSR count). The Morgan fingerprint density at radius 3 is 2.76 bits per heavy atom. The van der Waals surface area contributed by atoms with Gasteiger partial charge in [-0.05, 0) is 12.3 Å². The molecular formula is C12H22N4O. The van der Waals surface area contributed by atoms with Crippen LogP contribution in [0.5, 0.6) is 0 Å². The van der Waals surface area contributed by atoms with Gasteiger partial charge in [-0.15, -0.1) is 0 Å². The number of hydrogen-bond donors (Lipinski definition) is 2. The van der Waals surface area contributed by atoms with E-state index >= 15 is 0 Å². The molecule has 0 aliphatic rings. The molecule has 0 fully saturated rings. The van der Waals surface area contributed by atoms with Crippen LogP contribution in [0.4, 0.5) is 5.82 Å². The van der Waals surface area contributed by atoms with Crippen molar-refractivity contribution in [3.8, 4) is 0 Å². The molecule has 96 valence electrons. The Morgan fingerprint density at radius 1 is 1.53 bits per heavy atom. The van der Waals surface area contributed by atoms with Crippen LogP contribution in [-0.4, -0.2) is 22.1 Å². The fourth-order valence-electron chi connectivity index (χ4n) is 1.60. The highest BCUT2D eigenvalue weighted by atomic mass is 16.1. The number of nitrogens with zero attached hydrogens (tertiary/aromatic N) is 2. The average Bonchev–Trinajstić information content (AvgIpc) is 2.30. The van der Waals surface area contributed by atoms with Crippen molar-refractivity contribution >= 4 is 5.82 Å². The van der Waals surface area contributed by atoms with Gasteiger partial charge < -0.3 is 15.6 Å². The van der Waals surface area contributed by atoms with E-state index in [4.69, 9.17) is 5.73 Å². The van der Waals surface area contributed by atoms with Crippen molar-refractivity contribution in [1.82, 2.24) is 9.55 Å². The van der Waals surface area contributed by atoms with Crippen LogP contribution >= 0.6 is 0 Å². The third kappa shape index (κ3) is 3.85. The molecule has 0 saturated heterocycles. The minimum atomic E-state index is -0.0758. The smallest absolute Gasteiger partial charge is 0.293 e. The summed E-state index contributed by atoms with van der Waals surface area (Å²) in [6, 6.07) is 0.102. The van der Waals surface area contributed by atoms with E-state index in [0.717, 1.165) is 6.42 Å². The van der Waals surface area contributed by atoms with Crippen molar-refractivity contribution in [3.63, 3.8) is 0 Å². The van der Waals surface area contributed by atoms with Gasteiger partial charge >= 0.3 is 0 Å². The molecule has 17 heavy (non-hydrogen) atoms. The van der Waals surface area contributed by atoms with Gasteiger partial charge in [0.1, 0.15) is 0 Å². The SMILES string of the molecule is CCC(CN)Nc1nccn(CC(C)C)c1=O. The molecule has 0 saturated carbocycles. The van der Waals surface area contributed by atoms with Gasteiger partial charge in [0.2, 0.25) is 0 Å². The van der Waals surface area contributed by atoms with Crippen molar-refractivity contribution in [3.05, 3.63) is 22.7 Å². The van der Waals surface area contributed by atoms with Crippen LogP contribution in [0, 0.1) is 5.92 Å². The molecule has 1 heterocycles. The van der Waals surface area contributed by atoms with Gasteiger partial charge in [-0.25, -0.2) is 4.98 Å². The lowest BCUT2D eigenvalue weighted by atomic mass is 10.2. The highest BCUT2D eigenvalue weighted by molar-refractivity contribution is 5.32. The second kappa shape index (κ2) is 6.39. The van der Waals surface area contributed by atoms with E-state index in [1.807, 2.05) is 6.92 Å². The minimum absolute atomic E-state index is 0.0758. The minimum Gasteiger partial charge on any atom is -0.361 e. The predicted octanol–water partition coefficient (Wildman–Crippen LogP) is 1.05. The zero-order chi connectivity index (χ0) is 12.8.